The molecule has 10 heteroatoms. The summed E-state index contributed by atoms with van der Waals surface area (Å²) >= 11 is 0. The molecule has 1 N–H and O–H groups in total. The van der Waals surface area contributed by atoms with Crippen molar-refractivity contribution in [1.82, 2.24) is 19.2 Å². The predicted octanol–water partition coefficient (Wildman–Crippen LogP) is 2.58. The van der Waals surface area contributed by atoms with Gasteiger partial charge >= 0.3 is 0 Å². The van der Waals surface area contributed by atoms with Crippen molar-refractivity contribution in [1.29, 1.82) is 0 Å². The molecule has 2 heterocycles. The maximum absolute atomic E-state index is 13.6. The molecule has 1 aromatic heterocycles. The first-order chi connectivity index (χ1) is 16.7. The molecule has 0 saturated heterocycles. The Morgan fingerprint density at radius 3 is 2.80 bits per heavy atom. The van der Waals surface area contributed by atoms with Crippen molar-refractivity contribution < 1.29 is 23.1 Å². The second-order valence-electron chi connectivity index (χ2n) is 9.30. The lowest BCUT2D eigenvalue weighted by Gasteiger charge is -2.37. The molecule has 1 aliphatic heterocycles. The Bertz CT molecular complexity index is 1200. The molecule has 4 rings (SSSR count). The summed E-state index contributed by atoms with van der Waals surface area (Å²) < 4.78 is 35.0. The van der Waals surface area contributed by atoms with Gasteiger partial charge in [-0.3, -0.25) is 9.78 Å². The summed E-state index contributed by atoms with van der Waals surface area (Å²) in [6, 6.07) is 4.60. The minimum atomic E-state index is -3.91. The van der Waals surface area contributed by atoms with Crippen molar-refractivity contribution in [3.8, 4) is 5.75 Å². The van der Waals surface area contributed by atoms with Crippen LogP contribution in [0.25, 0.3) is 5.57 Å². The van der Waals surface area contributed by atoms with E-state index in [0.29, 0.717) is 0 Å². The van der Waals surface area contributed by atoms with Gasteiger partial charge < -0.3 is 14.7 Å². The zero-order chi connectivity index (χ0) is 25.2. The number of fused-ring (bicyclic) bond motifs is 1. The SMILES string of the molecule is C[C@H]1CN([C@@H](C)CO)S(=O)(=O)c2ccc(C3=CCCC3)cc2O[C@H]1CN(C)C(=O)c1cnccn1. The number of hydrogen-bond acceptors (Lipinski definition) is 7. The minimum absolute atomic E-state index is 0.0694. The van der Waals surface area contributed by atoms with Crippen molar-refractivity contribution in [2.24, 2.45) is 5.92 Å². The number of nitrogens with zero attached hydrogens (tertiary/aromatic N) is 4. The first-order valence-electron chi connectivity index (χ1n) is 11.9. The Kier molecular flexibility index (Phi) is 7.53. The molecule has 2 aromatic rings. The van der Waals surface area contributed by atoms with Crippen LogP contribution in [0.15, 0.2) is 47.8 Å². The quantitative estimate of drug-likeness (QED) is 0.649. The molecule has 9 nitrogen and oxygen atoms in total. The first-order valence-corrected chi connectivity index (χ1v) is 13.3. The first kappa shape index (κ1) is 25.3. The fourth-order valence-corrected chi connectivity index (χ4v) is 6.36. The summed E-state index contributed by atoms with van der Waals surface area (Å²) in [4.78, 5) is 22.5. The Hall–Kier alpha value is -2.82. The number of carbonyl (C=O) groups is 1. The zero-order valence-corrected chi connectivity index (χ0v) is 21.1. The lowest BCUT2D eigenvalue weighted by Crippen LogP contribution is -2.50. The van der Waals surface area contributed by atoms with E-state index in [4.69, 9.17) is 4.74 Å². The number of allylic oxidation sites excluding steroid dienone is 2. The third-order valence-corrected chi connectivity index (χ3v) is 8.68. The van der Waals surface area contributed by atoms with Crippen LogP contribution >= 0.6 is 0 Å². The Morgan fingerprint density at radius 2 is 2.14 bits per heavy atom. The highest BCUT2D eigenvalue weighted by molar-refractivity contribution is 7.89. The van der Waals surface area contributed by atoms with Crippen molar-refractivity contribution in [2.75, 3.05) is 26.7 Å². The molecule has 0 radical (unpaired) electrons. The van der Waals surface area contributed by atoms with E-state index in [1.807, 2.05) is 13.0 Å². The molecule has 0 bridgehead atoms. The van der Waals surface area contributed by atoms with Crippen LogP contribution < -0.4 is 4.74 Å². The van der Waals surface area contributed by atoms with Crippen LogP contribution in [-0.2, 0) is 10.0 Å². The van der Waals surface area contributed by atoms with E-state index < -0.39 is 22.2 Å². The Balaban J connectivity index is 1.72. The number of sulfonamides is 1. The standard InChI is InChI=1S/C25H32N4O5S/c1-17-14-29(18(2)16-30)35(32,33)24-9-8-20(19-6-4-5-7-19)12-22(24)34-23(17)15-28(3)25(31)21-13-26-10-11-27-21/h6,8-13,17-18,23,30H,4-5,7,14-16H2,1-3H3/t17-,18-,23-/m0/s1. The van der Waals surface area contributed by atoms with E-state index in [0.717, 1.165) is 24.8 Å². The molecule has 3 atom stereocenters. The van der Waals surface area contributed by atoms with Gasteiger partial charge in [-0.15, -0.1) is 0 Å². The van der Waals surface area contributed by atoms with Gasteiger partial charge in [-0.25, -0.2) is 13.4 Å². The van der Waals surface area contributed by atoms with Crippen LogP contribution in [0.4, 0.5) is 0 Å². The average molecular weight is 501 g/mol. The molecule has 2 aliphatic rings. The second kappa shape index (κ2) is 10.4. The third-order valence-electron chi connectivity index (χ3n) is 6.66. The molecule has 188 valence electrons. The van der Waals surface area contributed by atoms with Crippen molar-refractivity contribution in [2.45, 2.75) is 50.2 Å². The van der Waals surface area contributed by atoms with Crippen LogP contribution in [0.3, 0.4) is 0 Å². The molecule has 0 fully saturated rings. The summed E-state index contributed by atoms with van der Waals surface area (Å²) in [6.07, 6.45) is 9.07. The molecular weight excluding hydrogens is 468 g/mol. The number of carbonyl (C=O) groups excluding carboxylic acids is 1. The van der Waals surface area contributed by atoms with E-state index in [9.17, 15) is 18.3 Å². The maximum atomic E-state index is 13.6. The highest BCUT2D eigenvalue weighted by atomic mass is 32.2. The van der Waals surface area contributed by atoms with Crippen LogP contribution in [0.5, 0.6) is 5.75 Å². The largest absolute Gasteiger partial charge is 0.487 e. The van der Waals surface area contributed by atoms with Gasteiger partial charge in [0.15, 0.2) is 0 Å². The highest BCUT2D eigenvalue weighted by Gasteiger charge is 2.38. The predicted molar refractivity (Wildman–Crippen MR) is 131 cm³/mol. The van der Waals surface area contributed by atoms with Crippen molar-refractivity contribution >= 4 is 21.5 Å². The van der Waals surface area contributed by atoms with E-state index in [2.05, 4.69) is 16.0 Å². The number of likely N-dealkylation sites (N-methyl/N-ethyl adjacent to an activating group) is 1. The zero-order valence-electron chi connectivity index (χ0n) is 20.3. The number of aliphatic hydroxyl groups is 1. The van der Waals surface area contributed by atoms with Crippen LogP contribution in [0.2, 0.25) is 0 Å². The molecule has 1 aromatic carbocycles. The van der Waals surface area contributed by atoms with Gasteiger partial charge in [0, 0.05) is 37.9 Å². The van der Waals surface area contributed by atoms with Crippen LogP contribution in [0.1, 0.15) is 49.2 Å². The minimum Gasteiger partial charge on any atom is -0.487 e. The Morgan fingerprint density at radius 1 is 1.34 bits per heavy atom. The normalized spacial score (nSPS) is 22.8. The average Bonchev–Trinajstić information content (AvgIpc) is 3.40. The molecule has 1 aliphatic carbocycles. The third kappa shape index (κ3) is 5.24. The molecule has 0 spiro atoms. The molecular formula is C25H32N4O5S. The molecule has 0 unspecified atom stereocenters. The van der Waals surface area contributed by atoms with Gasteiger partial charge in [0.05, 0.1) is 19.3 Å². The van der Waals surface area contributed by atoms with Crippen molar-refractivity contribution in [3.63, 3.8) is 0 Å². The van der Waals surface area contributed by atoms with Crippen LogP contribution in [-0.4, -0.2) is 77.5 Å². The highest BCUT2D eigenvalue weighted by Crippen LogP contribution is 2.37. The topological polar surface area (TPSA) is 113 Å². The number of ether oxygens (including phenoxy) is 1. The monoisotopic (exact) mass is 500 g/mol. The van der Waals surface area contributed by atoms with E-state index in [1.54, 1.807) is 26.1 Å². The number of benzene rings is 1. The summed E-state index contributed by atoms with van der Waals surface area (Å²) in [5.41, 5.74) is 2.34. The summed E-state index contributed by atoms with van der Waals surface area (Å²) in [6.45, 7) is 3.65. The summed E-state index contributed by atoms with van der Waals surface area (Å²) in [5.74, 6) is -0.296. The van der Waals surface area contributed by atoms with E-state index in [1.165, 1.54) is 33.4 Å². The van der Waals surface area contributed by atoms with Gasteiger partial charge in [-0.05, 0) is 49.5 Å². The van der Waals surface area contributed by atoms with Crippen LogP contribution in [0, 0.1) is 5.92 Å². The number of aromatic nitrogens is 2. The molecule has 35 heavy (non-hydrogen) atoms. The summed E-state index contributed by atoms with van der Waals surface area (Å²) in [7, 11) is -2.24. The Labute approximate surface area is 206 Å². The lowest BCUT2D eigenvalue weighted by atomic mass is 10.0. The van der Waals surface area contributed by atoms with E-state index >= 15 is 0 Å². The van der Waals surface area contributed by atoms with E-state index in [-0.39, 0.29) is 47.9 Å². The number of hydrogen-bond donors (Lipinski definition) is 1. The van der Waals surface area contributed by atoms with Crippen molar-refractivity contribution in [3.05, 3.63) is 54.1 Å². The number of aliphatic hydroxyl groups excluding tert-OH is 1. The number of rotatable bonds is 6. The second-order valence-corrected chi connectivity index (χ2v) is 11.2. The van der Waals surface area contributed by atoms with Gasteiger partial charge in [-0.2, -0.15) is 4.31 Å². The molecule has 1 amide bonds. The number of amides is 1. The van der Waals surface area contributed by atoms with Gasteiger partial charge in [-0.1, -0.05) is 19.1 Å². The smallest absolute Gasteiger partial charge is 0.273 e. The van der Waals surface area contributed by atoms with Gasteiger partial charge in [0.25, 0.3) is 5.91 Å². The maximum Gasteiger partial charge on any atom is 0.273 e. The van der Waals surface area contributed by atoms with Gasteiger partial charge in [0.2, 0.25) is 10.0 Å². The van der Waals surface area contributed by atoms with Gasteiger partial charge in [0.1, 0.15) is 22.4 Å². The fourth-order valence-electron chi connectivity index (χ4n) is 4.53. The lowest BCUT2D eigenvalue weighted by molar-refractivity contribution is 0.0559. The summed E-state index contributed by atoms with van der Waals surface area (Å²) in [5, 5.41) is 9.80. The molecule has 0 saturated carbocycles. The fraction of sp³-hybridized carbons (Fsp3) is 0.480.